The molecule has 1 aliphatic rings. The van der Waals surface area contributed by atoms with Crippen LogP contribution in [0.2, 0.25) is 5.02 Å². The van der Waals surface area contributed by atoms with E-state index < -0.39 is 33.9 Å². The van der Waals surface area contributed by atoms with Crippen molar-refractivity contribution in [2.24, 2.45) is 0 Å². The Balaban J connectivity index is 1.98. The summed E-state index contributed by atoms with van der Waals surface area (Å²) in [6.45, 7) is 0. The molecule has 0 aliphatic carbocycles. The third-order valence-corrected chi connectivity index (χ3v) is 8.07. The van der Waals surface area contributed by atoms with Crippen LogP contribution in [0.15, 0.2) is 93.8 Å². The molecule has 33 heavy (non-hydrogen) atoms. The molecule has 5 nitrogen and oxygen atoms in total. The molecule has 0 amide bonds. The molecular weight excluding hydrogens is 533 g/mol. The van der Waals surface area contributed by atoms with E-state index in [2.05, 4.69) is 15.9 Å². The second kappa shape index (κ2) is 9.38. The zero-order valence-corrected chi connectivity index (χ0v) is 20.2. The zero-order valence-electron chi connectivity index (χ0n) is 17.0. The SMILES string of the molecule is O=C(O)C1=CCC(c2cccc(Br)c2)N(S(=O)(=O)c2ccc(F)cc2)[C@H]1c1cccc(Cl)c1. The summed E-state index contributed by atoms with van der Waals surface area (Å²) in [5.74, 6) is -1.80. The Labute approximate surface area is 204 Å². The van der Waals surface area contributed by atoms with Gasteiger partial charge >= 0.3 is 5.97 Å². The van der Waals surface area contributed by atoms with Crippen LogP contribution < -0.4 is 0 Å². The minimum absolute atomic E-state index is 0.0748. The van der Waals surface area contributed by atoms with Crippen LogP contribution in [0.3, 0.4) is 0 Å². The van der Waals surface area contributed by atoms with Crippen LogP contribution in [0, 0.1) is 5.82 Å². The molecule has 1 unspecified atom stereocenters. The van der Waals surface area contributed by atoms with Crippen LogP contribution in [0.1, 0.15) is 29.6 Å². The van der Waals surface area contributed by atoms with Gasteiger partial charge in [-0.1, -0.05) is 57.9 Å². The average Bonchev–Trinajstić information content (AvgIpc) is 2.78. The third kappa shape index (κ3) is 4.75. The molecule has 0 fully saturated rings. The van der Waals surface area contributed by atoms with E-state index in [0.717, 1.165) is 16.6 Å². The van der Waals surface area contributed by atoms with Crippen LogP contribution in [0.25, 0.3) is 0 Å². The molecule has 170 valence electrons. The predicted octanol–water partition coefficient (Wildman–Crippen LogP) is 6.13. The second-order valence-electron chi connectivity index (χ2n) is 7.52. The fourth-order valence-corrected chi connectivity index (χ4v) is 6.40. The van der Waals surface area contributed by atoms with Gasteiger partial charge in [-0.3, -0.25) is 0 Å². The minimum atomic E-state index is -4.26. The zero-order chi connectivity index (χ0) is 23.8. The number of hydrogen-bond donors (Lipinski definition) is 1. The molecule has 0 aromatic heterocycles. The van der Waals surface area contributed by atoms with E-state index in [1.807, 2.05) is 6.07 Å². The number of sulfonamides is 1. The second-order valence-corrected chi connectivity index (χ2v) is 10.7. The Morgan fingerprint density at radius 1 is 1.03 bits per heavy atom. The summed E-state index contributed by atoms with van der Waals surface area (Å²) in [5.41, 5.74) is 1.03. The lowest BCUT2D eigenvalue weighted by Crippen LogP contribution is -2.42. The van der Waals surface area contributed by atoms with E-state index in [9.17, 15) is 22.7 Å². The van der Waals surface area contributed by atoms with Gasteiger partial charge < -0.3 is 5.11 Å². The van der Waals surface area contributed by atoms with Gasteiger partial charge in [-0.15, -0.1) is 0 Å². The van der Waals surface area contributed by atoms with E-state index in [1.54, 1.807) is 48.5 Å². The summed E-state index contributed by atoms with van der Waals surface area (Å²) in [6, 6.07) is 16.3. The van der Waals surface area contributed by atoms with Crippen molar-refractivity contribution in [1.82, 2.24) is 4.31 Å². The molecule has 0 radical (unpaired) electrons. The van der Waals surface area contributed by atoms with Crippen molar-refractivity contribution in [3.63, 3.8) is 0 Å². The normalized spacial score (nSPS) is 19.2. The summed E-state index contributed by atoms with van der Waals surface area (Å²) in [5, 5.41) is 10.3. The molecule has 1 heterocycles. The number of carbonyl (C=O) groups is 1. The van der Waals surface area contributed by atoms with E-state index in [4.69, 9.17) is 11.6 Å². The number of hydrogen-bond acceptors (Lipinski definition) is 3. The van der Waals surface area contributed by atoms with Crippen molar-refractivity contribution < 1.29 is 22.7 Å². The number of carboxylic acids is 1. The fourth-order valence-electron chi connectivity index (χ4n) is 4.01. The Kier molecular flexibility index (Phi) is 6.72. The maximum absolute atomic E-state index is 13.9. The van der Waals surface area contributed by atoms with Crippen molar-refractivity contribution in [1.29, 1.82) is 0 Å². The van der Waals surface area contributed by atoms with Gasteiger partial charge in [0.15, 0.2) is 0 Å². The number of benzene rings is 3. The van der Waals surface area contributed by atoms with Gasteiger partial charge in [0.25, 0.3) is 0 Å². The first-order valence-corrected chi connectivity index (χ1v) is 12.5. The van der Waals surface area contributed by atoms with Crippen molar-refractivity contribution in [2.45, 2.75) is 23.4 Å². The quantitative estimate of drug-likeness (QED) is 0.415. The van der Waals surface area contributed by atoms with Gasteiger partial charge in [-0.25, -0.2) is 17.6 Å². The lowest BCUT2D eigenvalue weighted by atomic mass is 9.89. The molecule has 0 bridgehead atoms. The first kappa shape index (κ1) is 23.6. The molecule has 2 atom stereocenters. The number of nitrogens with zero attached hydrogens (tertiary/aromatic N) is 1. The monoisotopic (exact) mass is 549 g/mol. The van der Waals surface area contributed by atoms with Gasteiger partial charge in [0.05, 0.1) is 22.6 Å². The largest absolute Gasteiger partial charge is 0.478 e. The molecule has 1 N–H and O–H groups in total. The smallest absolute Gasteiger partial charge is 0.333 e. The third-order valence-electron chi connectivity index (χ3n) is 5.45. The van der Waals surface area contributed by atoms with Gasteiger partial charge in [0.1, 0.15) is 5.82 Å². The van der Waals surface area contributed by atoms with Gasteiger partial charge in [0.2, 0.25) is 10.0 Å². The van der Waals surface area contributed by atoms with Crippen molar-refractivity contribution in [3.05, 3.63) is 111 Å². The molecule has 0 saturated carbocycles. The highest BCUT2D eigenvalue weighted by Crippen LogP contribution is 2.46. The lowest BCUT2D eigenvalue weighted by molar-refractivity contribution is -0.133. The number of rotatable bonds is 5. The molecule has 0 saturated heterocycles. The molecular formula is C24H18BrClFNO4S. The highest BCUT2D eigenvalue weighted by atomic mass is 79.9. The Hall–Kier alpha value is -2.52. The molecule has 9 heteroatoms. The average molecular weight is 551 g/mol. The van der Waals surface area contributed by atoms with E-state index in [-0.39, 0.29) is 16.9 Å². The summed E-state index contributed by atoms with van der Waals surface area (Å²) >= 11 is 9.60. The van der Waals surface area contributed by atoms with Crippen molar-refractivity contribution in [2.75, 3.05) is 0 Å². The number of halogens is 3. The predicted molar refractivity (Wildman–Crippen MR) is 127 cm³/mol. The van der Waals surface area contributed by atoms with Crippen LogP contribution >= 0.6 is 27.5 Å². The van der Waals surface area contributed by atoms with Gasteiger partial charge in [-0.2, -0.15) is 4.31 Å². The maximum atomic E-state index is 13.9. The Morgan fingerprint density at radius 3 is 2.33 bits per heavy atom. The fraction of sp³-hybridized carbons (Fsp3) is 0.125. The van der Waals surface area contributed by atoms with Crippen LogP contribution in [0.5, 0.6) is 0 Å². The Morgan fingerprint density at radius 2 is 1.70 bits per heavy atom. The molecule has 3 aromatic rings. The van der Waals surface area contributed by atoms with Crippen LogP contribution in [-0.2, 0) is 14.8 Å². The molecule has 4 rings (SSSR count). The molecule has 3 aromatic carbocycles. The summed E-state index contributed by atoms with van der Waals surface area (Å²) in [4.78, 5) is 12.1. The molecule has 1 aliphatic heterocycles. The van der Waals surface area contributed by atoms with E-state index in [1.165, 1.54) is 16.4 Å². The highest BCUT2D eigenvalue weighted by molar-refractivity contribution is 9.10. The van der Waals surface area contributed by atoms with Gasteiger partial charge in [-0.05, 0) is 66.1 Å². The lowest BCUT2D eigenvalue weighted by Gasteiger charge is -2.40. The first-order valence-electron chi connectivity index (χ1n) is 9.92. The van der Waals surface area contributed by atoms with Crippen LogP contribution in [0.4, 0.5) is 4.39 Å². The minimum Gasteiger partial charge on any atom is -0.478 e. The summed E-state index contributed by atoms with van der Waals surface area (Å²) < 4.78 is 43.4. The maximum Gasteiger partial charge on any atom is 0.333 e. The topological polar surface area (TPSA) is 74.7 Å². The Bertz CT molecular complexity index is 1340. The standard InChI is InChI=1S/C24H18BrClFNO4S/c25-17-5-1-3-15(13-17)22-12-11-21(24(29)30)23(16-4-2-6-18(26)14-16)28(22)33(31,32)20-9-7-19(27)8-10-20/h1-11,13-14,22-23H,12H2,(H,29,30)/t22?,23-/m0/s1. The number of aliphatic carboxylic acids is 1. The van der Waals surface area contributed by atoms with Crippen molar-refractivity contribution in [3.8, 4) is 0 Å². The molecule has 0 spiro atoms. The summed E-state index contributed by atoms with van der Waals surface area (Å²) in [6.07, 6.45) is 1.70. The van der Waals surface area contributed by atoms with Crippen molar-refractivity contribution >= 4 is 43.5 Å². The van der Waals surface area contributed by atoms with E-state index >= 15 is 0 Å². The summed E-state index contributed by atoms with van der Waals surface area (Å²) in [7, 11) is -4.26. The van der Waals surface area contributed by atoms with Crippen LogP contribution in [-0.4, -0.2) is 23.8 Å². The highest BCUT2D eigenvalue weighted by Gasteiger charge is 2.44. The number of carboxylic acid groups (broad SMARTS) is 1. The van der Waals surface area contributed by atoms with E-state index in [0.29, 0.717) is 16.1 Å². The van der Waals surface area contributed by atoms with Gasteiger partial charge in [0, 0.05) is 9.50 Å². The first-order chi connectivity index (χ1) is 15.7.